The molecule has 3 rings (SSSR count). The van der Waals surface area contributed by atoms with Gasteiger partial charge in [0.25, 0.3) is 0 Å². The van der Waals surface area contributed by atoms with Crippen LogP contribution < -0.4 is 0 Å². The summed E-state index contributed by atoms with van der Waals surface area (Å²) in [5, 5.41) is 7.83. The number of ether oxygens (including phenoxy) is 1. The summed E-state index contributed by atoms with van der Waals surface area (Å²) in [6, 6.07) is 5.41. The lowest BCUT2D eigenvalue weighted by atomic mass is 10.1. The van der Waals surface area contributed by atoms with Crippen LogP contribution in [0.4, 0.5) is 0 Å². The molecule has 1 N–H and O–H groups in total. The molecule has 0 aliphatic carbocycles. The first-order valence-electron chi connectivity index (χ1n) is 7.75. The molecule has 0 bridgehead atoms. The Hall–Kier alpha value is -1.63. The van der Waals surface area contributed by atoms with Crippen molar-refractivity contribution in [2.75, 3.05) is 19.7 Å². The fourth-order valence-electron chi connectivity index (χ4n) is 2.67. The van der Waals surface area contributed by atoms with Gasteiger partial charge in [-0.2, -0.15) is 5.10 Å². The lowest BCUT2D eigenvalue weighted by Crippen LogP contribution is -2.42. The van der Waals surface area contributed by atoms with Gasteiger partial charge in [0.15, 0.2) is 5.82 Å². The van der Waals surface area contributed by atoms with Crippen molar-refractivity contribution in [1.29, 1.82) is 0 Å². The molecule has 1 atom stereocenters. The Bertz CT molecular complexity index is 735. The van der Waals surface area contributed by atoms with E-state index < -0.39 is 0 Å². The van der Waals surface area contributed by atoms with E-state index in [1.807, 2.05) is 17.9 Å². The van der Waals surface area contributed by atoms with E-state index in [0.29, 0.717) is 48.4 Å². The Balaban J connectivity index is 1.60. The van der Waals surface area contributed by atoms with Crippen LogP contribution in [0.2, 0.25) is 10.0 Å². The number of nitrogens with one attached hydrogen (secondary N) is 1. The van der Waals surface area contributed by atoms with Gasteiger partial charge in [-0.15, -0.1) is 0 Å². The zero-order valence-corrected chi connectivity index (χ0v) is 14.8. The van der Waals surface area contributed by atoms with Crippen LogP contribution in [-0.2, 0) is 16.0 Å². The number of aromatic nitrogens is 3. The second kappa shape index (κ2) is 7.51. The average Bonchev–Trinajstić information content (AvgIpc) is 3.00. The molecule has 128 valence electrons. The maximum atomic E-state index is 12.4. The first-order chi connectivity index (χ1) is 11.5. The van der Waals surface area contributed by atoms with Crippen LogP contribution in [0.25, 0.3) is 0 Å². The number of aryl methyl sites for hydroxylation is 2. The van der Waals surface area contributed by atoms with Gasteiger partial charge in [0.05, 0.1) is 23.2 Å². The molecule has 1 fully saturated rings. The third-order valence-corrected chi connectivity index (χ3v) is 4.68. The predicted molar refractivity (Wildman–Crippen MR) is 91.2 cm³/mol. The SMILES string of the molecule is Cc1nc(CCC(=O)N2CCO[C@H](c3ccc(Cl)c(Cl)c3)C2)n[nH]1. The van der Waals surface area contributed by atoms with E-state index in [1.54, 1.807) is 12.1 Å². The third kappa shape index (κ3) is 4.06. The lowest BCUT2D eigenvalue weighted by Gasteiger charge is -2.33. The molecular weight excluding hydrogens is 351 g/mol. The lowest BCUT2D eigenvalue weighted by molar-refractivity contribution is -0.139. The summed E-state index contributed by atoms with van der Waals surface area (Å²) in [6.07, 6.45) is 0.715. The van der Waals surface area contributed by atoms with E-state index in [0.717, 1.165) is 11.4 Å². The second-order valence-corrected chi connectivity index (χ2v) is 6.52. The maximum Gasteiger partial charge on any atom is 0.223 e. The van der Waals surface area contributed by atoms with Gasteiger partial charge in [0.1, 0.15) is 11.9 Å². The fraction of sp³-hybridized carbons (Fsp3) is 0.438. The summed E-state index contributed by atoms with van der Waals surface area (Å²) < 4.78 is 5.78. The van der Waals surface area contributed by atoms with Crippen molar-refractivity contribution < 1.29 is 9.53 Å². The van der Waals surface area contributed by atoms with Crippen LogP contribution in [0.5, 0.6) is 0 Å². The molecule has 1 aromatic carbocycles. The van der Waals surface area contributed by atoms with Gasteiger partial charge in [0, 0.05) is 19.4 Å². The molecule has 0 saturated carbocycles. The van der Waals surface area contributed by atoms with Crippen molar-refractivity contribution >= 4 is 29.1 Å². The summed E-state index contributed by atoms with van der Waals surface area (Å²) in [7, 11) is 0. The number of benzene rings is 1. The Morgan fingerprint density at radius 1 is 1.42 bits per heavy atom. The summed E-state index contributed by atoms with van der Waals surface area (Å²) >= 11 is 12.0. The maximum absolute atomic E-state index is 12.4. The zero-order chi connectivity index (χ0) is 17.1. The molecule has 1 aliphatic heterocycles. The minimum absolute atomic E-state index is 0.0748. The molecule has 6 nitrogen and oxygen atoms in total. The number of nitrogens with zero attached hydrogens (tertiary/aromatic N) is 3. The molecule has 24 heavy (non-hydrogen) atoms. The van der Waals surface area contributed by atoms with Crippen molar-refractivity contribution in [3.8, 4) is 0 Å². The highest BCUT2D eigenvalue weighted by molar-refractivity contribution is 6.42. The Kier molecular flexibility index (Phi) is 5.38. The first-order valence-corrected chi connectivity index (χ1v) is 8.50. The van der Waals surface area contributed by atoms with Crippen molar-refractivity contribution in [2.45, 2.75) is 25.9 Å². The highest BCUT2D eigenvalue weighted by atomic mass is 35.5. The molecule has 1 aliphatic rings. The third-order valence-electron chi connectivity index (χ3n) is 3.94. The number of carbonyl (C=O) groups excluding carboxylic acids is 1. The van der Waals surface area contributed by atoms with E-state index in [2.05, 4.69) is 15.2 Å². The molecule has 0 unspecified atom stereocenters. The number of aromatic amines is 1. The van der Waals surface area contributed by atoms with Gasteiger partial charge in [0.2, 0.25) is 5.91 Å². The number of hydrogen-bond acceptors (Lipinski definition) is 4. The highest BCUT2D eigenvalue weighted by Crippen LogP contribution is 2.29. The largest absolute Gasteiger partial charge is 0.370 e. The van der Waals surface area contributed by atoms with Crippen LogP contribution >= 0.6 is 23.2 Å². The number of rotatable bonds is 4. The molecule has 8 heteroatoms. The van der Waals surface area contributed by atoms with Crippen LogP contribution in [0.15, 0.2) is 18.2 Å². The topological polar surface area (TPSA) is 71.1 Å². The van der Waals surface area contributed by atoms with Crippen molar-refractivity contribution in [1.82, 2.24) is 20.1 Å². The van der Waals surface area contributed by atoms with E-state index in [1.165, 1.54) is 0 Å². The molecule has 1 saturated heterocycles. The summed E-state index contributed by atoms with van der Waals surface area (Å²) in [5.41, 5.74) is 0.923. The average molecular weight is 369 g/mol. The number of morpholine rings is 1. The van der Waals surface area contributed by atoms with Crippen molar-refractivity contribution in [2.24, 2.45) is 0 Å². The number of hydrogen-bond donors (Lipinski definition) is 1. The van der Waals surface area contributed by atoms with E-state index >= 15 is 0 Å². The Morgan fingerprint density at radius 2 is 2.25 bits per heavy atom. The van der Waals surface area contributed by atoms with Crippen LogP contribution in [0.3, 0.4) is 0 Å². The number of halogens is 2. The number of carbonyl (C=O) groups is 1. The molecule has 0 radical (unpaired) electrons. The van der Waals surface area contributed by atoms with Crippen LogP contribution in [0, 0.1) is 6.92 Å². The molecule has 2 heterocycles. The van der Waals surface area contributed by atoms with Gasteiger partial charge < -0.3 is 9.64 Å². The second-order valence-electron chi connectivity index (χ2n) is 5.71. The molecule has 1 aromatic heterocycles. The summed E-state index contributed by atoms with van der Waals surface area (Å²) in [5.74, 6) is 1.49. The molecule has 0 spiro atoms. The molecular formula is C16H18Cl2N4O2. The predicted octanol–water partition coefficient (Wildman–Crippen LogP) is 2.95. The monoisotopic (exact) mass is 368 g/mol. The minimum atomic E-state index is -0.191. The zero-order valence-electron chi connectivity index (χ0n) is 13.3. The standard InChI is InChI=1S/C16H18Cl2N4O2/c1-10-19-15(21-20-10)4-5-16(23)22-6-7-24-14(9-22)11-2-3-12(17)13(18)8-11/h2-3,8,14H,4-7,9H2,1H3,(H,19,20,21)/t14-/m0/s1. The van der Waals surface area contributed by atoms with E-state index in [-0.39, 0.29) is 12.0 Å². The van der Waals surface area contributed by atoms with Gasteiger partial charge in [-0.1, -0.05) is 29.3 Å². The fourth-order valence-corrected chi connectivity index (χ4v) is 2.97. The van der Waals surface area contributed by atoms with Gasteiger partial charge >= 0.3 is 0 Å². The molecule has 2 aromatic rings. The smallest absolute Gasteiger partial charge is 0.223 e. The van der Waals surface area contributed by atoms with Crippen LogP contribution in [-0.4, -0.2) is 45.7 Å². The minimum Gasteiger partial charge on any atom is -0.370 e. The normalized spacial score (nSPS) is 18.0. The van der Waals surface area contributed by atoms with E-state index in [9.17, 15) is 4.79 Å². The van der Waals surface area contributed by atoms with E-state index in [4.69, 9.17) is 27.9 Å². The number of H-pyrrole nitrogens is 1. The first kappa shape index (κ1) is 17.2. The van der Waals surface area contributed by atoms with Gasteiger partial charge in [-0.05, 0) is 24.6 Å². The van der Waals surface area contributed by atoms with Gasteiger partial charge in [-0.3, -0.25) is 9.89 Å². The Labute approximate surface area is 150 Å². The Morgan fingerprint density at radius 3 is 2.96 bits per heavy atom. The number of amides is 1. The molecule has 1 amide bonds. The highest BCUT2D eigenvalue weighted by Gasteiger charge is 2.25. The van der Waals surface area contributed by atoms with Crippen LogP contribution in [0.1, 0.15) is 29.7 Å². The summed E-state index contributed by atoms with van der Waals surface area (Å²) in [6.45, 7) is 3.42. The summed E-state index contributed by atoms with van der Waals surface area (Å²) in [4.78, 5) is 18.5. The van der Waals surface area contributed by atoms with Crippen molar-refractivity contribution in [3.63, 3.8) is 0 Å². The quantitative estimate of drug-likeness (QED) is 0.900. The van der Waals surface area contributed by atoms with Crippen molar-refractivity contribution in [3.05, 3.63) is 45.5 Å². The van der Waals surface area contributed by atoms with Gasteiger partial charge in [-0.25, -0.2) is 4.98 Å².